The van der Waals surface area contributed by atoms with Gasteiger partial charge in [0.15, 0.2) is 0 Å². The topological polar surface area (TPSA) is 41.5 Å². The summed E-state index contributed by atoms with van der Waals surface area (Å²) in [4.78, 5) is 0. The van der Waals surface area contributed by atoms with Crippen LogP contribution in [-0.2, 0) is 4.74 Å². The minimum absolute atomic E-state index is 0.00344. The van der Waals surface area contributed by atoms with Crippen LogP contribution in [0.25, 0.3) is 0 Å². The lowest BCUT2D eigenvalue weighted by molar-refractivity contribution is -0.00166. The second kappa shape index (κ2) is 8.71. The van der Waals surface area contributed by atoms with E-state index in [0.717, 1.165) is 5.56 Å². The summed E-state index contributed by atoms with van der Waals surface area (Å²) < 4.78 is 5.62. The van der Waals surface area contributed by atoms with E-state index in [9.17, 15) is 5.11 Å². The zero-order valence-electron chi connectivity index (χ0n) is 11.0. The predicted molar refractivity (Wildman–Crippen MR) is 73.1 cm³/mol. The molecule has 0 aliphatic carbocycles. The van der Waals surface area contributed by atoms with Crippen molar-refractivity contribution in [2.45, 2.75) is 26.1 Å². The molecule has 3 nitrogen and oxygen atoms in total. The molecule has 98 valence electrons. The number of hydrogen-bond donors (Lipinski definition) is 2. The summed E-state index contributed by atoms with van der Waals surface area (Å²) in [5.74, 6) is 5.67. The molecule has 1 aromatic carbocycles. The summed E-state index contributed by atoms with van der Waals surface area (Å²) in [6, 6.07) is 9.98. The highest BCUT2D eigenvalue weighted by molar-refractivity contribution is 5.16. The van der Waals surface area contributed by atoms with Crippen molar-refractivity contribution >= 4 is 0 Å². The number of aliphatic hydroxyl groups excluding tert-OH is 1. The first-order valence-electron chi connectivity index (χ1n) is 6.19. The van der Waals surface area contributed by atoms with E-state index in [4.69, 9.17) is 4.74 Å². The fourth-order valence-corrected chi connectivity index (χ4v) is 1.52. The third kappa shape index (κ3) is 5.83. The maximum Gasteiger partial charge on any atom is 0.0898 e. The number of nitrogens with one attached hydrogen (secondary N) is 1. The van der Waals surface area contributed by atoms with E-state index in [0.29, 0.717) is 19.7 Å². The van der Waals surface area contributed by atoms with Crippen LogP contribution < -0.4 is 5.32 Å². The van der Waals surface area contributed by atoms with Gasteiger partial charge in [-0.2, -0.15) is 0 Å². The van der Waals surface area contributed by atoms with Crippen molar-refractivity contribution in [3.63, 3.8) is 0 Å². The highest BCUT2D eigenvalue weighted by Crippen LogP contribution is 2.15. The molecule has 2 unspecified atom stereocenters. The fourth-order valence-electron chi connectivity index (χ4n) is 1.52. The Balaban J connectivity index is 2.21. The van der Waals surface area contributed by atoms with Crippen LogP contribution in [0.3, 0.4) is 0 Å². The van der Waals surface area contributed by atoms with Gasteiger partial charge >= 0.3 is 0 Å². The van der Waals surface area contributed by atoms with Crippen LogP contribution in [0.2, 0.25) is 0 Å². The fraction of sp³-hybridized carbons (Fsp3) is 0.467. The zero-order chi connectivity index (χ0) is 13.2. The smallest absolute Gasteiger partial charge is 0.0898 e. The number of hydrogen-bond acceptors (Lipinski definition) is 3. The molecule has 1 rings (SSSR count). The quantitative estimate of drug-likeness (QED) is 0.569. The van der Waals surface area contributed by atoms with Crippen LogP contribution in [0.5, 0.6) is 0 Å². The predicted octanol–water partition coefficient (Wildman–Crippen LogP) is 1.74. The van der Waals surface area contributed by atoms with Gasteiger partial charge in [0.2, 0.25) is 0 Å². The lowest BCUT2D eigenvalue weighted by Gasteiger charge is -2.16. The van der Waals surface area contributed by atoms with Crippen molar-refractivity contribution in [3.8, 4) is 11.8 Å². The Kier molecular flexibility index (Phi) is 7.12. The van der Waals surface area contributed by atoms with Gasteiger partial charge in [0, 0.05) is 6.54 Å². The van der Waals surface area contributed by atoms with Crippen molar-refractivity contribution < 1.29 is 9.84 Å². The molecule has 0 fully saturated rings. The van der Waals surface area contributed by atoms with E-state index in [1.807, 2.05) is 37.3 Å². The second-order valence-electron chi connectivity index (χ2n) is 4.10. The Labute approximate surface area is 109 Å². The van der Waals surface area contributed by atoms with E-state index in [-0.39, 0.29) is 6.10 Å². The maximum absolute atomic E-state index is 9.71. The largest absolute Gasteiger partial charge is 0.389 e. The van der Waals surface area contributed by atoms with E-state index < -0.39 is 6.10 Å². The van der Waals surface area contributed by atoms with E-state index in [1.54, 1.807) is 6.92 Å². The number of benzene rings is 1. The number of ether oxygens (including phenoxy) is 1. The summed E-state index contributed by atoms with van der Waals surface area (Å²) in [6.07, 6.45) is -0.508. The van der Waals surface area contributed by atoms with Crippen molar-refractivity contribution in [3.05, 3.63) is 35.9 Å². The Morgan fingerprint density at radius 2 is 2.06 bits per heavy atom. The highest BCUT2D eigenvalue weighted by Gasteiger charge is 2.08. The van der Waals surface area contributed by atoms with Gasteiger partial charge in [-0.05, 0) is 19.4 Å². The summed E-state index contributed by atoms with van der Waals surface area (Å²) >= 11 is 0. The van der Waals surface area contributed by atoms with Gasteiger partial charge in [-0.3, -0.25) is 0 Å². The lowest BCUT2D eigenvalue weighted by atomic mass is 10.1. The first kappa shape index (κ1) is 14.7. The molecule has 0 amide bonds. The number of rotatable bonds is 7. The highest BCUT2D eigenvalue weighted by atomic mass is 16.5. The monoisotopic (exact) mass is 247 g/mol. The molecular weight excluding hydrogens is 226 g/mol. The first-order valence-corrected chi connectivity index (χ1v) is 6.19. The molecule has 0 bridgehead atoms. The summed E-state index contributed by atoms with van der Waals surface area (Å²) in [6.45, 7) is 5.20. The van der Waals surface area contributed by atoms with E-state index >= 15 is 0 Å². The van der Waals surface area contributed by atoms with Crippen LogP contribution in [0.1, 0.15) is 25.5 Å². The van der Waals surface area contributed by atoms with Crippen molar-refractivity contribution in [1.82, 2.24) is 5.32 Å². The zero-order valence-corrected chi connectivity index (χ0v) is 11.0. The molecule has 0 heterocycles. The molecular formula is C15H21NO2. The Morgan fingerprint density at radius 3 is 2.72 bits per heavy atom. The van der Waals surface area contributed by atoms with Crippen LogP contribution in [-0.4, -0.2) is 30.9 Å². The minimum Gasteiger partial charge on any atom is -0.389 e. The Hall–Kier alpha value is -1.34. The van der Waals surface area contributed by atoms with Gasteiger partial charge < -0.3 is 15.2 Å². The summed E-state index contributed by atoms with van der Waals surface area (Å²) in [7, 11) is 0. The molecule has 0 aliphatic heterocycles. The molecule has 1 aromatic rings. The number of aliphatic hydroxyl groups is 1. The van der Waals surface area contributed by atoms with Gasteiger partial charge in [0.05, 0.1) is 25.4 Å². The van der Waals surface area contributed by atoms with Crippen molar-refractivity contribution in [2.75, 3.05) is 19.7 Å². The van der Waals surface area contributed by atoms with Gasteiger partial charge in [-0.1, -0.05) is 36.3 Å². The van der Waals surface area contributed by atoms with Crippen molar-refractivity contribution in [1.29, 1.82) is 0 Å². The van der Waals surface area contributed by atoms with Gasteiger partial charge in [-0.25, -0.2) is 0 Å². The molecule has 2 N–H and O–H groups in total. The van der Waals surface area contributed by atoms with E-state index in [2.05, 4.69) is 17.2 Å². The molecule has 0 spiro atoms. The SMILES string of the molecule is CC#CCNCC(O)COC(C)c1ccccc1. The van der Waals surface area contributed by atoms with Crippen molar-refractivity contribution in [2.24, 2.45) is 0 Å². The van der Waals surface area contributed by atoms with Crippen LogP contribution in [0.15, 0.2) is 30.3 Å². The third-order valence-electron chi connectivity index (χ3n) is 2.58. The molecule has 0 aliphatic rings. The normalized spacial score (nSPS) is 13.5. The molecule has 3 heteroatoms. The van der Waals surface area contributed by atoms with Gasteiger partial charge in [-0.15, -0.1) is 5.92 Å². The van der Waals surface area contributed by atoms with Crippen LogP contribution in [0.4, 0.5) is 0 Å². The Morgan fingerprint density at radius 1 is 1.33 bits per heavy atom. The average Bonchev–Trinajstić information content (AvgIpc) is 2.42. The standard InChI is InChI=1S/C15H21NO2/c1-3-4-10-16-11-15(17)12-18-13(2)14-8-6-5-7-9-14/h5-9,13,15-17H,10-12H2,1-2H3. The molecule has 18 heavy (non-hydrogen) atoms. The van der Waals surface area contributed by atoms with Crippen LogP contribution in [0, 0.1) is 11.8 Å². The second-order valence-corrected chi connectivity index (χ2v) is 4.10. The lowest BCUT2D eigenvalue weighted by Crippen LogP contribution is -2.31. The molecule has 0 radical (unpaired) electrons. The molecule has 0 aromatic heterocycles. The Bertz CT molecular complexity index is 380. The van der Waals surface area contributed by atoms with Gasteiger partial charge in [0.1, 0.15) is 0 Å². The maximum atomic E-state index is 9.71. The third-order valence-corrected chi connectivity index (χ3v) is 2.58. The average molecular weight is 247 g/mol. The molecule has 0 saturated carbocycles. The molecule has 0 saturated heterocycles. The minimum atomic E-state index is -0.505. The first-order chi connectivity index (χ1) is 8.74. The van der Waals surface area contributed by atoms with Crippen LogP contribution >= 0.6 is 0 Å². The summed E-state index contributed by atoms with van der Waals surface area (Å²) in [5, 5.41) is 12.8. The van der Waals surface area contributed by atoms with E-state index in [1.165, 1.54) is 0 Å². The summed E-state index contributed by atoms with van der Waals surface area (Å²) in [5.41, 5.74) is 1.12. The molecule has 2 atom stereocenters. The van der Waals surface area contributed by atoms with Gasteiger partial charge in [0.25, 0.3) is 0 Å².